The Morgan fingerprint density at radius 3 is 2.39 bits per heavy atom. The molecule has 0 spiro atoms. The molecule has 0 aliphatic heterocycles. The summed E-state index contributed by atoms with van der Waals surface area (Å²) in [6.07, 6.45) is 11.5. The summed E-state index contributed by atoms with van der Waals surface area (Å²) in [4.78, 5) is 11.0. The van der Waals surface area contributed by atoms with Crippen molar-refractivity contribution in [2.45, 2.75) is 45.4 Å². The minimum absolute atomic E-state index is 0.747. The summed E-state index contributed by atoms with van der Waals surface area (Å²) in [5, 5.41) is 0. The summed E-state index contributed by atoms with van der Waals surface area (Å²) < 4.78 is 0. The highest BCUT2D eigenvalue weighted by molar-refractivity contribution is 5.80. The van der Waals surface area contributed by atoms with Gasteiger partial charge in [-0.15, -0.1) is 0 Å². The lowest BCUT2D eigenvalue weighted by Crippen LogP contribution is -2.22. The first-order chi connectivity index (χ1) is 11.4. The van der Waals surface area contributed by atoms with Gasteiger partial charge in [0, 0.05) is 18.4 Å². The summed E-state index contributed by atoms with van der Waals surface area (Å²) in [7, 11) is 0. The van der Waals surface area contributed by atoms with Crippen LogP contribution in [0.1, 0.15) is 45.4 Å². The molecular weight excluding hydrogens is 282 g/mol. The van der Waals surface area contributed by atoms with Gasteiger partial charge in [-0.2, -0.15) is 0 Å². The van der Waals surface area contributed by atoms with Crippen molar-refractivity contribution < 1.29 is 0 Å². The Hall–Kier alpha value is -2.16. The van der Waals surface area contributed by atoms with E-state index >= 15 is 0 Å². The topological polar surface area (TPSA) is 28.5 Å². The zero-order valence-electron chi connectivity index (χ0n) is 14.1. The van der Waals surface area contributed by atoms with Crippen LogP contribution in [0, 0.1) is 0 Å². The molecule has 0 fully saturated rings. The van der Waals surface area contributed by atoms with Gasteiger partial charge in [-0.25, -0.2) is 9.98 Å². The fraction of sp³-hybridized carbons (Fsp3) is 0.400. The van der Waals surface area contributed by atoms with Gasteiger partial charge in [0.15, 0.2) is 5.82 Å². The van der Waals surface area contributed by atoms with Crippen LogP contribution in [0.5, 0.6) is 0 Å². The molecule has 0 radical (unpaired) electrons. The number of para-hydroxylation sites is 1. The highest BCUT2D eigenvalue weighted by Crippen LogP contribution is 2.15. The smallest absolute Gasteiger partial charge is 0.153 e. The van der Waals surface area contributed by atoms with Crippen LogP contribution in [-0.2, 0) is 0 Å². The Labute approximate surface area is 140 Å². The third-order valence-electron chi connectivity index (χ3n) is 3.82. The number of pyridine rings is 1. The molecule has 1 aromatic carbocycles. The Balaban J connectivity index is 1.92. The van der Waals surface area contributed by atoms with Crippen molar-refractivity contribution in [2.24, 2.45) is 4.99 Å². The third kappa shape index (κ3) is 6.64. The molecule has 0 N–H and O–H groups in total. The van der Waals surface area contributed by atoms with Crippen LogP contribution >= 0.6 is 0 Å². The molecule has 1 aromatic heterocycles. The molecule has 3 nitrogen and oxygen atoms in total. The zero-order valence-corrected chi connectivity index (χ0v) is 14.1. The second-order valence-electron chi connectivity index (χ2n) is 5.73. The van der Waals surface area contributed by atoms with E-state index in [-0.39, 0.29) is 0 Å². The summed E-state index contributed by atoms with van der Waals surface area (Å²) in [5.41, 5.74) is 1.18. The van der Waals surface area contributed by atoms with Crippen molar-refractivity contribution in [1.82, 2.24) is 4.98 Å². The van der Waals surface area contributed by atoms with Crippen molar-refractivity contribution in [2.75, 3.05) is 11.4 Å². The van der Waals surface area contributed by atoms with Gasteiger partial charge in [0.05, 0.1) is 6.34 Å². The quantitative estimate of drug-likeness (QED) is 0.324. The fourth-order valence-corrected chi connectivity index (χ4v) is 2.49. The van der Waals surface area contributed by atoms with Crippen molar-refractivity contribution >= 4 is 17.8 Å². The van der Waals surface area contributed by atoms with Gasteiger partial charge in [0.25, 0.3) is 0 Å². The van der Waals surface area contributed by atoms with E-state index in [0.717, 1.165) is 12.4 Å². The molecule has 0 saturated heterocycles. The maximum absolute atomic E-state index is 4.50. The van der Waals surface area contributed by atoms with E-state index in [0.29, 0.717) is 0 Å². The summed E-state index contributed by atoms with van der Waals surface area (Å²) in [6.45, 7) is 3.25. The maximum atomic E-state index is 4.50. The van der Waals surface area contributed by atoms with Crippen molar-refractivity contribution in [3.05, 3.63) is 54.7 Å². The van der Waals surface area contributed by atoms with Crippen molar-refractivity contribution in [3.63, 3.8) is 0 Å². The van der Waals surface area contributed by atoms with Crippen LogP contribution < -0.4 is 4.90 Å². The van der Waals surface area contributed by atoms with Gasteiger partial charge in [-0.1, -0.05) is 63.3 Å². The lowest BCUT2D eigenvalue weighted by Gasteiger charge is -2.19. The van der Waals surface area contributed by atoms with E-state index in [1.807, 2.05) is 30.6 Å². The Morgan fingerprint density at radius 1 is 0.913 bits per heavy atom. The molecule has 0 unspecified atom stereocenters. The number of anilines is 1. The van der Waals surface area contributed by atoms with Gasteiger partial charge < -0.3 is 4.90 Å². The average molecular weight is 309 g/mol. The van der Waals surface area contributed by atoms with Gasteiger partial charge in [-0.05, 0) is 30.7 Å². The molecule has 23 heavy (non-hydrogen) atoms. The predicted molar refractivity (Wildman–Crippen MR) is 99.6 cm³/mol. The van der Waals surface area contributed by atoms with Crippen LogP contribution in [0.2, 0.25) is 0 Å². The molecule has 2 aromatic rings. The predicted octanol–water partition coefficient (Wildman–Crippen LogP) is 5.61. The van der Waals surface area contributed by atoms with E-state index < -0.39 is 0 Å². The Kier molecular flexibility index (Phi) is 7.89. The number of aliphatic imine (C=N–C) groups is 1. The first-order valence-corrected chi connectivity index (χ1v) is 8.67. The Morgan fingerprint density at radius 2 is 1.65 bits per heavy atom. The van der Waals surface area contributed by atoms with E-state index in [1.165, 1.54) is 44.2 Å². The lowest BCUT2D eigenvalue weighted by atomic mass is 10.1. The van der Waals surface area contributed by atoms with Gasteiger partial charge >= 0.3 is 0 Å². The van der Waals surface area contributed by atoms with Crippen LogP contribution in [0.3, 0.4) is 0 Å². The molecule has 1 heterocycles. The van der Waals surface area contributed by atoms with Gasteiger partial charge in [0.2, 0.25) is 0 Å². The number of hydrogen-bond donors (Lipinski definition) is 0. The van der Waals surface area contributed by atoms with Crippen LogP contribution in [0.25, 0.3) is 0 Å². The zero-order chi connectivity index (χ0) is 16.2. The Bertz CT molecular complexity index is 552. The summed E-state index contributed by atoms with van der Waals surface area (Å²) in [6, 6.07) is 16.2. The van der Waals surface area contributed by atoms with E-state index in [9.17, 15) is 0 Å². The highest BCUT2D eigenvalue weighted by Gasteiger charge is 2.03. The monoisotopic (exact) mass is 309 g/mol. The van der Waals surface area contributed by atoms with Gasteiger partial charge in [-0.3, -0.25) is 0 Å². The number of benzene rings is 1. The van der Waals surface area contributed by atoms with Crippen molar-refractivity contribution in [3.8, 4) is 0 Å². The van der Waals surface area contributed by atoms with Crippen LogP contribution in [0.15, 0.2) is 59.7 Å². The lowest BCUT2D eigenvalue weighted by molar-refractivity contribution is 0.611. The largest absolute Gasteiger partial charge is 0.332 e. The molecule has 0 aliphatic carbocycles. The van der Waals surface area contributed by atoms with Gasteiger partial charge in [0.1, 0.15) is 0 Å². The molecule has 0 saturated carbocycles. The maximum Gasteiger partial charge on any atom is 0.153 e. The normalized spacial score (nSPS) is 11.0. The molecule has 2 rings (SSSR count). The fourth-order valence-electron chi connectivity index (χ4n) is 2.49. The highest BCUT2D eigenvalue weighted by atomic mass is 15.2. The van der Waals surface area contributed by atoms with E-state index in [4.69, 9.17) is 0 Å². The summed E-state index contributed by atoms with van der Waals surface area (Å²) in [5.74, 6) is 0.747. The first kappa shape index (κ1) is 17.2. The number of aromatic nitrogens is 1. The van der Waals surface area contributed by atoms with Crippen LogP contribution in [0.4, 0.5) is 11.5 Å². The van der Waals surface area contributed by atoms with Crippen LogP contribution in [-0.4, -0.2) is 17.9 Å². The number of unbranched alkanes of at least 4 members (excludes halogenated alkanes) is 5. The minimum atomic E-state index is 0.747. The molecule has 3 heteroatoms. The molecule has 122 valence electrons. The molecule has 0 bridgehead atoms. The molecular formula is C20H27N3. The molecule has 0 aliphatic rings. The van der Waals surface area contributed by atoms with E-state index in [1.54, 1.807) is 6.20 Å². The SMILES string of the molecule is CCCCCCCCN(C=Nc1ccccn1)c1ccccc1. The third-order valence-corrected chi connectivity index (χ3v) is 3.82. The molecule has 0 amide bonds. The first-order valence-electron chi connectivity index (χ1n) is 8.67. The standard InChI is InChI=1S/C20H27N3/c1-2-3-4-5-6-12-17-23(19-13-8-7-9-14-19)18-22-20-15-10-11-16-21-20/h7-11,13-16,18H,2-6,12,17H2,1H3. The number of hydrogen-bond acceptors (Lipinski definition) is 2. The molecule has 0 atom stereocenters. The average Bonchev–Trinajstić information content (AvgIpc) is 2.62. The number of rotatable bonds is 10. The van der Waals surface area contributed by atoms with E-state index in [2.05, 4.69) is 46.1 Å². The summed E-state index contributed by atoms with van der Waals surface area (Å²) >= 11 is 0. The number of nitrogens with zero attached hydrogens (tertiary/aromatic N) is 3. The second-order valence-corrected chi connectivity index (χ2v) is 5.73. The van der Waals surface area contributed by atoms with Crippen molar-refractivity contribution in [1.29, 1.82) is 0 Å². The second kappa shape index (κ2) is 10.5. The minimum Gasteiger partial charge on any atom is -0.332 e.